The molecule has 1 heterocycles. The van der Waals surface area contributed by atoms with E-state index in [0.29, 0.717) is 5.75 Å². The zero-order valence-electron chi connectivity index (χ0n) is 13.3. The SMILES string of the molecule is Cc1nn(C(=O)COc2ccc3ccccc3c2Br)c(C)c1C. The Bertz CT molecular complexity index is 899. The first kappa shape index (κ1) is 15.7. The van der Waals surface area contributed by atoms with E-state index in [1.54, 1.807) is 0 Å². The van der Waals surface area contributed by atoms with Gasteiger partial charge in [-0.15, -0.1) is 0 Å². The fraction of sp³-hybridized carbons (Fsp3) is 0.222. The van der Waals surface area contributed by atoms with Crippen LogP contribution in [0.1, 0.15) is 21.7 Å². The van der Waals surface area contributed by atoms with E-state index in [1.165, 1.54) is 4.68 Å². The number of carbonyl (C=O) groups is 1. The third-order valence-electron chi connectivity index (χ3n) is 4.07. The lowest BCUT2D eigenvalue weighted by molar-refractivity contribution is 0.0817. The van der Waals surface area contributed by atoms with Crippen LogP contribution in [0.25, 0.3) is 10.8 Å². The van der Waals surface area contributed by atoms with Crippen LogP contribution in [0.15, 0.2) is 40.9 Å². The van der Waals surface area contributed by atoms with Crippen LogP contribution in [0.3, 0.4) is 0 Å². The molecule has 0 N–H and O–H groups in total. The predicted octanol–water partition coefficient (Wildman–Crippen LogP) is 4.44. The van der Waals surface area contributed by atoms with E-state index >= 15 is 0 Å². The summed E-state index contributed by atoms with van der Waals surface area (Å²) >= 11 is 3.56. The van der Waals surface area contributed by atoms with Crippen molar-refractivity contribution >= 4 is 32.6 Å². The summed E-state index contributed by atoms with van der Waals surface area (Å²) in [5, 5.41) is 6.44. The number of carbonyl (C=O) groups excluding carboxylic acids is 1. The minimum Gasteiger partial charge on any atom is -0.482 e. The summed E-state index contributed by atoms with van der Waals surface area (Å²) in [6.45, 7) is 5.69. The third kappa shape index (κ3) is 2.88. The van der Waals surface area contributed by atoms with Gasteiger partial charge < -0.3 is 4.74 Å². The molecule has 2 aromatic carbocycles. The summed E-state index contributed by atoms with van der Waals surface area (Å²) in [4.78, 5) is 12.3. The fourth-order valence-electron chi connectivity index (χ4n) is 2.49. The molecule has 0 saturated heterocycles. The topological polar surface area (TPSA) is 44.1 Å². The Balaban J connectivity index is 1.82. The van der Waals surface area contributed by atoms with Gasteiger partial charge in [0.25, 0.3) is 5.91 Å². The quantitative estimate of drug-likeness (QED) is 0.682. The van der Waals surface area contributed by atoms with Crippen LogP contribution in [0, 0.1) is 20.8 Å². The lowest BCUT2D eigenvalue weighted by Crippen LogP contribution is -2.21. The number of benzene rings is 2. The lowest BCUT2D eigenvalue weighted by Gasteiger charge is -2.10. The van der Waals surface area contributed by atoms with Crippen molar-refractivity contribution in [3.63, 3.8) is 0 Å². The number of aryl methyl sites for hydroxylation is 1. The van der Waals surface area contributed by atoms with Crippen LogP contribution in [0.5, 0.6) is 5.75 Å². The van der Waals surface area contributed by atoms with Crippen molar-refractivity contribution in [2.75, 3.05) is 6.61 Å². The van der Waals surface area contributed by atoms with Gasteiger partial charge in [-0.05, 0) is 59.1 Å². The first-order chi connectivity index (χ1) is 11.0. The van der Waals surface area contributed by atoms with E-state index in [0.717, 1.165) is 32.2 Å². The summed E-state index contributed by atoms with van der Waals surface area (Å²) in [5.74, 6) is 0.467. The zero-order chi connectivity index (χ0) is 16.6. The molecule has 0 spiro atoms. The predicted molar refractivity (Wildman–Crippen MR) is 94.2 cm³/mol. The average molecular weight is 373 g/mol. The van der Waals surface area contributed by atoms with Gasteiger partial charge in [-0.1, -0.05) is 30.3 Å². The summed E-state index contributed by atoms with van der Waals surface area (Å²) in [6.07, 6.45) is 0. The molecule has 3 aromatic rings. The molecular formula is C18H17BrN2O2. The van der Waals surface area contributed by atoms with Gasteiger partial charge in [0.2, 0.25) is 0 Å². The van der Waals surface area contributed by atoms with E-state index < -0.39 is 0 Å². The number of hydrogen-bond donors (Lipinski definition) is 0. The molecule has 1 aromatic heterocycles. The first-order valence-electron chi connectivity index (χ1n) is 7.35. The number of rotatable bonds is 3. The number of halogens is 1. The number of hydrogen-bond acceptors (Lipinski definition) is 3. The van der Waals surface area contributed by atoms with Gasteiger partial charge in [0.15, 0.2) is 6.61 Å². The highest BCUT2D eigenvalue weighted by Gasteiger charge is 2.15. The highest BCUT2D eigenvalue weighted by atomic mass is 79.9. The van der Waals surface area contributed by atoms with Crippen molar-refractivity contribution in [2.24, 2.45) is 0 Å². The Morgan fingerprint density at radius 3 is 2.61 bits per heavy atom. The molecule has 0 aliphatic heterocycles. The minimum absolute atomic E-state index is 0.0572. The molecule has 0 aliphatic rings. The molecule has 0 aliphatic carbocycles. The lowest BCUT2D eigenvalue weighted by atomic mass is 10.1. The average Bonchev–Trinajstić information content (AvgIpc) is 2.82. The van der Waals surface area contributed by atoms with Crippen molar-refractivity contribution in [1.82, 2.24) is 9.78 Å². The van der Waals surface area contributed by atoms with Gasteiger partial charge in [-0.3, -0.25) is 4.79 Å². The van der Waals surface area contributed by atoms with Crippen molar-refractivity contribution in [3.8, 4) is 5.75 Å². The van der Waals surface area contributed by atoms with E-state index in [-0.39, 0.29) is 12.5 Å². The molecule has 23 heavy (non-hydrogen) atoms. The zero-order valence-corrected chi connectivity index (χ0v) is 14.8. The number of fused-ring (bicyclic) bond motifs is 1. The second-order valence-electron chi connectivity index (χ2n) is 5.49. The maximum atomic E-state index is 12.3. The summed E-state index contributed by atoms with van der Waals surface area (Å²) < 4.78 is 7.98. The smallest absolute Gasteiger partial charge is 0.284 e. The standard InChI is InChI=1S/C18H17BrN2O2/c1-11-12(2)20-21(13(11)3)17(22)10-23-16-9-8-14-6-4-5-7-15(14)18(16)19/h4-9H,10H2,1-3H3. The largest absolute Gasteiger partial charge is 0.482 e. The summed E-state index contributed by atoms with van der Waals surface area (Å²) in [6, 6.07) is 11.9. The molecule has 0 bridgehead atoms. The molecule has 0 amide bonds. The van der Waals surface area contributed by atoms with E-state index in [1.807, 2.05) is 57.2 Å². The van der Waals surface area contributed by atoms with Gasteiger partial charge in [-0.2, -0.15) is 5.10 Å². The molecule has 0 atom stereocenters. The van der Waals surface area contributed by atoms with Crippen LogP contribution in [-0.2, 0) is 0 Å². The number of aromatic nitrogens is 2. The van der Waals surface area contributed by atoms with Crippen LogP contribution in [0.2, 0.25) is 0 Å². The van der Waals surface area contributed by atoms with Crippen molar-refractivity contribution < 1.29 is 9.53 Å². The summed E-state index contributed by atoms with van der Waals surface area (Å²) in [5.41, 5.74) is 2.75. The molecule has 118 valence electrons. The van der Waals surface area contributed by atoms with E-state index in [2.05, 4.69) is 21.0 Å². The first-order valence-corrected chi connectivity index (χ1v) is 8.14. The van der Waals surface area contributed by atoms with Crippen LogP contribution in [-0.4, -0.2) is 22.3 Å². The van der Waals surface area contributed by atoms with Gasteiger partial charge in [0.1, 0.15) is 5.75 Å². The van der Waals surface area contributed by atoms with Gasteiger partial charge in [0, 0.05) is 5.69 Å². The fourth-order valence-corrected chi connectivity index (χ4v) is 3.10. The Kier molecular flexibility index (Phi) is 4.22. The monoisotopic (exact) mass is 372 g/mol. The normalized spacial score (nSPS) is 11.0. The van der Waals surface area contributed by atoms with Gasteiger partial charge in [0.05, 0.1) is 10.2 Å². The maximum absolute atomic E-state index is 12.3. The second kappa shape index (κ2) is 6.16. The van der Waals surface area contributed by atoms with Crippen LogP contribution < -0.4 is 4.74 Å². The highest BCUT2D eigenvalue weighted by Crippen LogP contribution is 2.33. The molecule has 0 saturated carbocycles. The van der Waals surface area contributed by atoms with Crippen molar-refractivity contribution in [1.29, 1.82) is 0 Å². The molecule has 5 heteroatoms. The molecule has 4 nitrogen and oxygen atoms in total. The second-order valence-corrected chi connectivity index (χ2v) is 6.28. The van der Waals surface area contributed by atoms with Crippen LogP contribution >= 0.6 is 15.9 Å². The van der Waals surface area contributed by atoms with E-state index in [4.69, 9.17) is 4.74 Å². The Hall–Kier alpha value is -2.14. The van der Waals surface area contributed by atoms with Crippen molar-refractivity contribution in [3.05, 3.63) is 57.8 Å². The molecule has 0 radical (unpaired) electrons. The molecule has 0 fully saturated rings. The van der Waals surface area contributed by atoms with Gasteiger partial charge in [-0.25, -0.2) is 4.68 Å². The minimum atomic E-state index is -0.182. The number of ether oxygens (including phenoxy) is 1. The number of nitrogens with zero attached hydrogens (tertiary/aromatic N) is 2. The molecule has 0 unspecified atom stereocenters. The Morgan fingerprint density at radius 1 is 1.17 bits per heavy atom. The highest BCUT2D eigenvalue weighted by molar-refractivity contribution is 9.10. The van der Waals surface area contributed by atoms with E-state index in [9.17, 15) is 4.79 Å². The van der Waals surface area contributed by atoms with Crippen molar-refractivity contribution in [2.45, 2.75) is 20.8 Å². The maximum Gasteiger partial charge on any atom is 0.284 e. The van der Waals surface area contributed by atoms with Crippen LogP contribution in [0.4, 0.5) is 0 Å². The van der Waals surface area contributed by atoms with Gasteiger partial charge >= 0.3 is 0 Å². The molecular weight excluding hydrogens is 356 g/mol. The Labute approximate surface area is 143 Å². The Morgan fingerprint density at radius 2 is 1.91 bits per heavy atom. The molecule has 3 rings (SSSR count). The summed E-state index contributed by atoms with van der Waals surface area (Å²) in [7, 11) is 0. The third-order valence-corrected chi connectivity index (χ3v) is 4.89.